The van der Waals surface area contributed by atoms with Crippen molar-refractivity contribution in [2.75, 3.05) is 0 Å². The lowest BCUT2D eigenvalue weighted by molar-refractivity contribution is 0.497. The van der Waals surface area contributed by atoms with Crippen molar-refractivity contribution in [1.82, 2.24) is 4.98 Å². The predicted molar refractivity (Wildman–Crippen MR) is 82.6 cm³/mol. The summed E-state index contributed by atoms with van der Waals surface area (Å²) in [5.74, 6) is 0. The monoisotopic (exact) mass is 249 g/mol. The third-order valence-corrected chi connectivity index (χ3v) is 4.13. The molecule has 0 saturated heterocycles. The molecular formula is C18H19N. The Morgan fingerprint density at radius 3 is 2.11 bits per heavy atom. The van der Waals surface area contributed by atoms with Gasteiger partial charge in [-0.05, 0) is 17.9 Å². The summed E-state index contributed by atoms with van der Waals surface area (Å²) in [6.07, 6.45) is 1.09. The lowest BCUT2D eigenvalue weighted by atomic mass is 9.83. The number of hydrogen-bond donors (Lipinski definition) is 0. The van der Waals surface area contributed by atoms with Gasteiger partial charge in [-0.3, -0.25) is 4.98 Å². The molecule has 0 aliphatic rings. The molecular weight excluding hydrogens is 230 g/mol. The maximum Gasteiger partial charge on any atom is 0.0712 e. The lowest BCUT2D eigenvalue weighted by Gasteiger charge is -2.24. The predicted octanol–water partition coefficient (Wildman–Crippen LogP) is 5.08. The van der Waals surface area contributed by atoms with Crippen LogP contribution in [0.15, 0.2) is 48.5 Å². The van der Waals surface area contributed by atoms with Gasteiger partial charge in [0.25, 0.3) is 0 Å². The van der Waals surface area contributed by atoms with E-state index in [1.165, 1.54) is 21.9 Å². The highest BCUT2D eigenvalue weighted by molar-refractivity contribution is 6.06. The molecule has 2 aromatic carbocycles. The van der Waals surface area contributed by atoms with Crippen LogP contribution in [0.3, 0.4) is 0 Å². The van der Waals surface area contributed by atoms with Gasteiger partial charge in [-0.2, -0.15) is 0 Å². The molecule has 0 unspecified atom stereocenters. The number of hydrogen-bond acceptors (Lipinski definition) is 1. The van der Waals surface area contributed by atoms with E-state index in [4.69, 9.17) is 4.98 Å². The fraction of sp³-hybridized carbons (Fsp3) is 0.278. The van der Waals surface area contributed by atoms with Gasteiger partial charge in [0.2, 0.25) is 0 Å². The fourth-order valence-electron chi connectivity index (χ4n) is 2.59. The molecule has 19 heavy (non-hydrogen) atoms. The average Bonchev–Trinajstić information content (AvgIpc) is 2.46. The molecule has 0 amide bonds. The van der Waals surface area contributed by atoms with Gasteiger partial charge in [0, 0.05) is 16.2 Å². The maximum absolute atomic E-state index is 4.95. The fourth-order valence-corrected chi connectivity index (χ4v) is 2.59. The van der Waals surface area contributed by atoms with E-state index in [0.717, 1.165) is 11.9 Å². The first-order valence-electron chi connectivity index (χ1n) is 6.91. The van der Waals surface area contributed by atoms with Crippen molar-refractivity contribution < 1.29 is 0 Å². The van der Waals surface area contributed by atoms with Crippen LogP contribution in [0.2, 0.25) is 0 Å². The van der Waals surface area contributed by atoms with E-state index in [2.05, 4.69) is 69.3 Å². The minimum atomic E-state index is 0.101. The summed E-state index contributed by atoms with van der Waals surface area (Å²) in [5, 5.41) is 3.84. The molecule has 0 aliphatic carbocycles. The molecule has 0 aliphatic heterocycles. The van der Waals surface area contributed by atoms with Gasteiger partial charge in [0.1, 0.15) is 0 Å². The number of rotatable bonds is 2. The SMILES string of the molecule is CCC(C)(C)c1nc2ccccc2c2ccccc12. The molecule has 1 heteroatoms. The zero-order valence-electron chi connectivity index (χ0n) is 11.8. The topological polar surface area (TPSA) is 12.9 Å². The van der Waals surface area contributed by atoms with Gasteiger partial charge in [-0.15, -0.1) is 0 Å². The van der Waals surface area contributed by atoms with Crippen LogP contribution in [0.1, 0.15) is 32.9 Å². The minimum Gasteiger partial charge on any atom is -0.252 e. The summed E-state index contributed by atoms with van der Waals surface area (Å²) < 4.78 is 0. The molecule has 0 radical (unpaired) electrons. The molecule has 1 aromatic heterocycles. The highest BCUT2D eigenvalue weighted by atomic mass is 14.7. The van der Waals surface area contributed by atoms with Crippen LogP contribution in [-0.4, -0.2) is 4.98 Å². The minimum absolute atomic E-state index is 0.101. The van der Waals surface area contributed by atoms with Crippen LogP contribution in [0.25, 0.3) is 21.7 Å². The molecule has 0 N–H and O–H groups in total. The first-order chi connectivity index (χ1) is 9.13. The summed E-state index contributed by atoms with van der Waals surface area (Å²) in [7, 11) is 0. The van der Waals surface area contributed by atoms with E-state index in [9.17, 15) is 0 Å². The zero-order valence-corrected chi connectivity index (χ0v) is 11.8. The van der Waals surface area contributed by atoms with Crippen LogP contribution in [0.5, 0.6) is 0 Å². The highest BCUT2D eigenvalue weighted by Crippen LogP contribution is 2.34. The molecule has 0 spiro atoms. The van der Waals surface area contributed by atoms with Crippen molar-refractivity contribution in [2.45, 2.75) is 32.6 Å². The summed E-state index contributed by atoms with van der Waals surface area (Å²) in [6, 6.07) is 17.0. The Morgan fingerprint density at radius 1 is 0.842 bits per heavy atom. The molecule has 0 fully saturated rings. The number of para-hydroxylation sites is 1. The van der Waals surface area contributed by atoms with Crippen molar-refractivity contribution >= 4 is 21.7 Å². The van der Waals surface area contributed by atoms with E-state index in [1.54, 1.807) is 0 Å². The van der Waals surface area contributed by atoms with Crippen molar-refractivity contribution in [3.05, 3.63) is 54.2 Å². The van der Waals surface area contributed by atoms with Gasteiger partial charge >= 0.3 is 0 Å². The molecule has 1 heterocycles. The van der Waals surface area contributed by atoms with E-state index < -0.39 is 0 Å². The normalized spacial score (nSPS) is 12.2. The molecule has 0 bridgehead atoms. The van der Waals surface area contributed by atoms with E-state index in [-0.39, 0.29) is 5.41 Å². The molecule has 0 saturated carbocycles. The smallest absolute Gasteiger partial charge is 0.0712 e. The van der Waals surface area contributed by atoms with Crippen LogP contribution in [0.4, 0.5) is 0 Å². The summed E-state index contributed by atoms with van der Waals surface area (Å²) in [5.41, 5.74) is 2.41. The van der Waals surface area contributed by atoms with Gasteiger partial charge < -0.3 is 0 Å². The Kier molecular flexibility index (Phi) is 2.78. The number of benzene rings is 2. The molecule has 3 rings (SSSR count). The Hall–Kier alpha value is -1.89. The third kappa shape index (κ3) is 1.90. The summed E-state index contributed by atoms with van der Waals surface area (Å²) in [6.45, 7) is 6.78. The Morgan fingerprint density at radius 2 is 1.42 bits per heavy atom. The largest absolute Gasteiger partial charge is 0.252 e. The molecule has 3 aromatic rings. The second-order valence-corrected chi connectivity index (χ2v) is 5.76. The molecule has 0 atom stereocenters. The van der Waals surface area contributed by atoms with Crippen molar-refractivity contribution in [2.24, 2.45) is 0 Å². The number of fused-ring (bicyclic) bond motifs is 3. The summed E-state index contributed by atoms with van der Waals surface area (Å²) in [4.78, 5) is 4.95. The van der Waals surface area contributed by atoms with E-state index >= 15 is 0 Å². The molecule has 1 nitrogen and oxygen atoms in total. The standard InChI is InChI=1S/C18H19N/c1-4-18(2,3)17-15-11-6-5-9-13(15)14-10-7-8-12-16(14)19-17/h5-12H,4H2,1-3H3. The number of aromatic nitrogens is 1. The maximum atomic E-state index is 4.95. The van der Waals surface area contributed by atoms with Crippen LogP contribution in [-0.2, 0) is 5.41 Å². The van der Waals surface area contributed by atoms with Gasteiger partial charge in [0.05, 0.1) is 11.2 Å². The second-order valence-electron chi connectivity index (χ2n) is 5.76. The van der Waals surface area contributed by atoms with Gasteiger partial charge in [-0.25, -0.2) is 0 Å². The second kappa shape index (κ2) is 4.34. The van der Waals surface area contributed by atoms with Crippen molar-refractivity contribution in [3.8, 4) is 0 Å². The van der Waals surface area contributed by atoms with Gasteiger partial charge in [-0.1, -0.05) is 63.2 Å². The Balaban J connectivity index is 2.49. The quantitative estimate of drug-likeness (QED) is 0.577. The zero-order chi connectivity index (χ0) is 13.5. The molecule has 96 valence electrons. The first-order valence-corrected chi connectivity index (χ1v) is 6.91. The van der Waals surface area contributed by atoms with Crippen molar-refractivity contribution in [1.29, 1.82) is 0 Å². The van der Waals surface area contributed by atoms with E-state index in [0.29, 0.717) is 0 Å². The van der Waals surface area contributed by atoms with Gasteiger partial charge in [0.15, 0.2) is 0 Å². The van der Waals surface area contributed by atoms with E-state index in [1.807, 2.05) is 0 Å². The Bertz CT molecular complexity index is 741. The number of nitrogens with zero attached hydrogens (tertiary/aromatic N) is 1. The van der Waals surface area contributed by atoms with Crippen LogP contribution < -0.4 is 0 Å². The van der Waals surface area contributed by atoms with Crippen molar-refractivity contribution in [3.63, 3.8) is 0 Å². The summed E-state index contributed by atoms with van der Waals surface area (Å²) >= 11 is 0. The number of pyridine rings is 1. The lowest BCUT2D eigenvalue weighted by Crippen LogP contribution is -2.18. The first kappa shape index (κ1) is 12.2. The Labute approximate surface area is 114 Å². The van der Waals surface area contributed by atoms with Crippen LogP contribution in [0, 0.1) is 0 Å². The average molecular weight is 249 g/mol. The third-order valence-electron chi connectivity index (χ3n) is 4.13. The highest BCUT2D eigenvalue weighted by Gasteiger charge is 2.23. The van der Waals surface area contributed by atoms with Crippen LogP contribution >= 0.6 is 0 Å².